The fourth-order valence-corrected chi connectivity index (χ4v) is 2.95. The van der Waals surface area contributed by atoms with Crippen molar-refractivity contribution in [1.82, 2.24) is 20.1 Å². The highest BCUT2D eigenvalue weighted by Crippen LogP contribution is 2.37. The Kier molecular flexibility index (Phi) is 4.03. The molecule has 1 aromatic heterocycles. The van der Waals surface area contributed by atoms with Gasteiger partial charge in [-0.2, -0.15) is 5.10 Å². The van der Waals surface area contributed by atoms with E-state index >= 15 is 0 Å². The summed E-state index contributed by atoms with van der Waals surface area (Å²) in [7, 11) is 0. The second kappa shape index (κ2) is 5.94. The van der Waals surface area contributed by atoms with Gasteiger partial charge in [-0.15, -0.1) is 0 Å². The van der Waals surface area contributed by atoms with Crippen LogP contribution in [0.3, 0.4) is 0 Å². The molecule has 20 heavy (non-hydrogen) atoms. The molecule has 1 saturated carbocycles. The molecule has 1 aromatic carbocycles. The molecule has 1 heterocycles. The monoisotopic (exact) mass is 290 g/mol. The molecule has 0 unspecified atom stereocenters. The second-order valence-corrected chi connectivity index (χ2v) is 6.04. The van der Waals surface area contributed by atoms with Crippen molar-refractivity contribution in [2.75, 3.05) is 0 Å². The van der Waals surface area contributed by atoms with E-state index in [2.05, 4.69) is 34.5 Å². The Morgan fingerprint density at radius 3 is 2.75 bits per heavy atom. The van der Waals surface area contributed by atoms with Gasteiger partial charge in [-0.05, 0) is 43.4 Å². The lowest BCUT2D eigenvalue weighted by molar-refractivity contribution is 0.258. The molecule has 0 saturated heterocycles. The second-order valence-electron chi connectivity index (χ2n) is 5.60. The van der Waals surface area contributed by atoms with Crippen LogP contribution in [0.2, 0.25) is 5.02 Å². The van der Waals surface area contributed by atoms with Crippen molar-refractivity contribution < 1.29 is 0 Å². The number of hydrogen-bond donors (Lipinski definition) is 1. The minimum absolute atomic E-state index is 0.410. The van der Waals surface area contributed by atoms with Crippen LogP contribution in [-0.4, -0.2) is 26.8 Å². The summed E-state index contributed by atoms with van der Waals surface area (Å²) in [5, 5.41) is 8.59. The molecule has 1 atom stereocenters. The highest BCUT2D eigenvalue weighted by atomic mass is 35.5. The van der Waals surface area contributed by atoms with Crippen molar-refractivity contribution in [3.63, 3.8) is 0 Å². The highest BCUT2D eigenvalue weighted by molar-refractivity contribution is 6.30. The maximum Gasteiger partial charge on any atom is 0.137 e. The van der Waals surface area contributed by atoms with Gasteiger partial charge in [0.25, 0.3) is 0 Å². The van der Waals surface area contributed by atoms with E-state index in [9.17, 15) is 0 Å². The Bertz CT molecular complexity index is 532. The van der Waals surface area contributed by atoms with Gasteiger partial charge >= 0.3 is 0 Å². The third-order valence-electron chi connectivity index (χ3n) is 3.93. The molecule has 0 bridgehead atoms. The molecule has 106 valence electrons. The molecule has 0 amide bonds. The fourth-order valence-electron chi connectivity index (χ4n) is 2.82. The van der Waals surface area contributed by atoms with Gasteiger partial charge in [0, 0.05) is 17.1 Å². The zero-order chi connectivity index (χ0) is 13.9. The minimum atomic E-state index is 0.410. The molecular formula is C15H19ClN4. The molecular weight excluding hydrogens is 272 g/mol. The van der Waals surface area contributed by atoms with Crippen molar-refractivity contribution in [2.45, 2.75) is 44.3 Å². The van der Waals surface area contributed by atoms with E-state index in [0.717, 1.165) is 11.6 Å². The molecule has 0 radical (unpaired) electrons. The largest absolute Gasteiger partial charge is 0.310 e. The van der Waals surface area contributed by atoms with Gasteiger partial charge in [0.15, 0.2) is 0 Å². The predicted molar refractivity (Wildman–Crippen MR) is 79.8 cm³/mol. The first-order chi connectivity index (χ1) is 9.70. The normalized spacial score (nSPS) is 23.3. The third kappa shape index (κ3) is 3.19. The minimum Gasteiger partial charge on any atom is -0.310 e. The Balaban J connectivity index is 1.45. The van der Waals surface area contributed by atoms with Gasteiger partial charge in [-0.1, -0.05) is 23.7 Å². The first kappa shape index (κ1) is 13.6. The summed E-state index contributed by atoms with van der Waals surface area (Å²) in [6, 6.07) is 9.25. The molecule has 1 aliphatic rings. The summed E-state index contributed by atoms with van der Waals surface area (Å²) in [5.41, 5.74) is 1.40. The molecule has 4 nitrogen and oxygen atoms in total. The summed E-state index contributed by atoms with van der Waals surface area (Å²) < 4.78 is 1.87. The summed E-state index contributed by atoms with van der Waals surface area (Å²) >= 11 is 5.92. The molecule has 0 spiro atoms. The van der Waals surface area contributed by atoms with E-state index < -0.39 is 0 Å². The standard InChI is InChI=1S/C15H19ClN4/c1-11(8-20-10-17-9-18-20)19-15-6-13(7-15)12-2-4-14(16)5-3-12/h2-5,9-11,13,15,19H,6-8H2,1H3/t11-,13?,15?/m1/s1. The maximum absolute atomic E-state index is 5.92. The molecule has 1 N–H and O–H groups in total. The molecule has 3 rings (SSSR count). The van der Waals surface area contributed by atoms with Crippen molar-refractivity contribution in [1.29, 1.82) is 0 Å². The predicted octanol–water partition coefficient (Wildman–Crippen LogP) is 2.86. The van der Waals surface area contributed by atoms with Gasteiger partial charge < -0.3 is 5.32 Å². The fraction of sp³-hybridized carbons (Fsp3) is 0.467. The summed E-state index contributed by atoms with van der Waals surface area (Å²) in [5.74, 6) is 0.670. The van der Waals surface area contributed by atoms with Crippen LogP contribution in [0.25, 0.3) is 0 Å². The first-order valence-electron chi connectivity index (χ1n) is 7.04. The van der Waals surface area contributed by atoms with Crippen molar-refractivity contribution in [3.05, 3.63) is 47.5 Å². The maximum atomic E-state index is 5.92. The zero-order valence-electron chi connectivity index (χ0n) is 11.5. The van der Waals surface area contributed by atoms with Gasteiger partial charge in [-0.25, -0.2) is 4.98 Å². The zero-order valence-corrected chi connectivity index (χ0v) is 12.3. The van der Waals surface area contributed by atoms with Crippen LogP contribution >= 0.6 is 11.6 Å². The van der Waals surface area contributed by atoms with Crippen molar-refractivity contribution >= 4 is 11.6 Å². The lowest BCUT2D eigenvalue weighted by atomic mass is 9.75. The molecule has 2 aromatic rings. The smallest absolute Gasteiger partial charge is 0.137 e. The van der Waals surface area contributed by atoms with E-state index in [1.165, 1.54) is 18.4 Å². The Morgan fingerprint density at radius 1 is 1.35 bits per heavy atom. The van der Waals surface area contributed by atoms with Gasteiger partial charge in [0.2, 0.25) is 0 Å². The molecule has 0 aliphatic heterocycles. The van der Waals surface area contributed by atoms with Crippen molar-refractivity contribution in [2.24, 2.45) is 0 Å². The molecule has 1 aliphatic carbocycles. The van der Waals surface area contributed by atoms with Crippen LogP contribution in [0.5, 0.6) is 0 Å². The third-order valence-corrected chi connectivity index (χ3v) is 4.18. The summed E-state index contributed by atoms with van der Waals surface area (Å²) in [4.78, 5) is 3.96. The Hall–Kier alpha value is -1.39. The van der Waals surface area contributed by atoms with E-state index in [4.69, 9.17) is 11.6 Å². The number of hydrogen-bond acceptors (Lipinski definition) is 3. The van der Waals surface area contributed by atoms with Crippen LogP contribution in [-0.2, 0) is 6.54 Å². The molecule has 5 heteroatoms. The Labute approximate surface area is 124 Å². The average Bonchev–Trinajstić information content (AvgIpc) is 2.87. The summed E-state index contributed by atoms with van der Waals surface area (Å²) in [6.45, 7) is 3.05. The van der Waals surface area contributed by atoms with Crippen LogP contribution in [0.1, 0.15) is 31.2 Å². The lowest BCUT2D eigenvalue weighted by Gasteiger charge is -2.38. The van der Waals surface area contributed by atoms with E-state index in [-0.39, 0.29) is 0 Å². The molecule has 1 fully saturated rings. The van der Waals surface area contributed by atoms with Gasteiger partial charge in [0.05, 0.1) is 6.54 Å². The highest BCUT2D eigenvalue weighted by Gasteiger charge is 2.30. The summed E-state index contributed by atoms with van der Waals surface area (Å²) in [6.07, 6.45) is 5.73. The van der Waals surface area contributed by atoms with Crippen LogP contribution in [0.4, 0.5) is 0 Å². The lowest BCUT2D eigenvalue weighted by Crippen LogP contribution is -2.45. The number of rotatable bonds is 5. The van der Waals surface area contributed by atoms with Crippen LogP contribution < -0.4 is 5.32 Å². The number of halogens is 1. The van der Waals surface area contributed by atoms with E-state index in [1.54, 1.807) is 12.7 Å². The Morgan fingerprint density at radius 2 is 2.10 bits per heavy atom. The van der Waals surface area contributed by atoms with Gasteiger partial charge in [0.1, 0.15) is 12.7 Å². The van der Waals surface area contributed by atoms with E-state index in [1.807, 2.05) is 16.8 Å². The number of benzene rings is 1. The van der Waals surface area contributed by atoms with Gasteiger partial charge in [-0.3, -0.25) is 4.68 Å². The average molecular weight is 291 g/mol. The van der Waals surface area contributed by atoms with E-state index in [0.29, 0.717) is 18.0 Å². The number of nitrogens with one attached hydrogen (secondary N) is 1. The first-order valence-corrected chi connectivity index (χ1v) is 7.42. The van der Waals surface area contributed by atoms with Crippen LogP contribution in [0, 0.1) is 0 Å². The quantitative estimate of drug-likeness (QED) is 0.921. The van der Waals surface area contributed by atoms with Crippen LogP contribution in [0.15, 0.2) is 36.9 Å². The van der Waals surface area contributed by atoms with Crippen molar-refractivity contribution in [3.8, 4) is 0 Å². The number of aromatic nitrogens is 3. The topological polar surface area (TPSA) is 42.7 Å². The SMILES string of the molecule is C[C@H](Cn1cncn1)NC1CC(c2ccc(Cl)cc2)C1. The number of nitrogens with zero attached hydrogens (tertiary/aromatic N) is 3.